The Balaban J connectivity index is 1.55. The van der Waals surface area contributed by atoms with Gasteiger partial charge in [0, 0.05) is 12.2 Å². The largest absolute Gasteiger partial charge is 0.345 e. The van der Waals surface area contributed by atoms with E-state index >= 15 is 0 Å². The van der Waals surface area contributed by atoms with Crippen molar-refractivity contribution in [3.8, 4) is 0 Å². The second-order valence-electron chi connectivity index (χ2n) is 7.06. The molecule has 5 heteroatoms. The monoisotopic (exact) mass is 330 g/mol. The Bertz CT molecular complexity index is 644. The third kappa shape index (κ3) is 2.28. The highest BCUT2D eigenvalue weighted by molar-refractivity contribution is 8.01. The Labute approximate surface area is 141 Å². The number of carbonyl (C=O) groups is 2. The zero-order valence-electron chi connectivity index (χ0n) is 13.4. The highest BCUT2D eigenvalue weighted by Crippen LogP contribution is 2.48. The highest BCUT2D eigenvalue weighted by atomic mass is 32.2. The van der Waals surface area contributed by atoms with E-state index in [-0.39, 0.29) is 28.3 Å². The fourth-order valence-corrected chi connectivity index (χ4v) is 5.54. The van der Waals surface area contributed by atoms with Gasteiger partial charge in [-0.2, -0.15) is 0 Å². The van der Waals surface area contributed by atoms with Gasteiger partial charge in [-0.05, 0) is 38.2 Å². The van der Waals surface area contributed by atoms with E-state index in [2.05, 4.69) is 24.4 Å². The fraction of sp³-hybridized carbons (Fsp3) is 0.556. The molecule has 1 saturated carbocycles. The number of amides is 2. The molecule has 1 aromatic rings. The van der Waals surface area contributed by atoms with Crippen LogP contribution in [0.15, 0.2) is 30.3 Å². The van der Waals surface area contributed by atoms with Gasteiger partial charge in [-0.15, -0.1) is 11.8 Å². The molecule has 0 spiro atoms. The van der Waals surface area contributed by atoms with Crippen LogP contribution in [0.25, 0.3) is 0 Å². The molecule has 1 N–H and O–H groups in total. The van der Waals surface area contributed by atoms with Crippen LogP contribution in [0.2, 0.25) is 0 Å². The molecule has 2 unspecified atom stereocenters. The number of hydrogen-bond donors (Lipinski definition) is 1. The molecule has 0 radical (unpaired) electrons. The van der Waals surface area contributed by atoms with Crippen LogP contribution in [0.5, 0.6) is 0 Å². The number of nitrogens with one attached hydrogen (secondary N) is 1. The van der Waals surface area contributed by atoms with E-state index in [1.54, 1.807) is 11.8 Å². The molecule has 1 aliphatic carbocycles. The van der Waals surface area contributed by atoms with Gasteiger partial charge < -0.3 is 10.2 Å². The Morgan fingerprint density at radius 2 is 2.00 bits per heavy atom. The summed E-state index contributed by atoms with van der Waals surface area (Å²) in [6.45, 7) is 2.09. The Morgan fingerprint density at radius 3 is 2.65 bits per heavy atom. The molecular formula is C18H22N2O2S. The molecule has 3 fully saturated rings. The van der Waals surface area contributed by atoms with Crippen LogP contribution >= 0.6 is 11.8 Å². The van der Waals surface area contributed by atoms with Crippen molar-refractivity contribution in [3.05, 3.63) is 35.9 Å². The number of rotatable bonds is 3. The van der Waals surface area contributed by atoms with Gasteiger partial charge >= 0.3 is 0 Å². The zero-order valence-corrected chi connectivity index (χ0v) is 14.2. The van der Waals surface area contributed by atoms with Crippen molar-refractivity contribution in [2.75, 3.05) is 5.75 Å². The smallest absolute Gasteiger partial charge is 0.244 e. The summed E-state index contributed by atoms with van der Waals surface area (Å²) in [4.78, 5) is 26.8. The van der Waals surface area contributed by atoms with E-state index in [1.165, 1.54) is 5.56 Å². The maximum atomic E-state index is 12.9. The summed E-state index contributed by atoms with van der Waals surface area (Å²) in [7, 11) is 0. The lowest BCUT2D eigenvalue weighted by Gasteiger charge is -2.44. The van der Waals surface area contributed by atoms with E-state index in [1.807, 2.05) is 23.1 Å². The molecule has 4 rings (SSSR count). The van der Waals surface area contributed by atoms with Crippen LogP contribution in [0.3, 0.4) is 0 Å². The van der Waals surface area contributed by atoms with E-state index in [4.69, 9.17) is 0 Å². The first kappa shape index (κ1) is 15.1. The van der Waals surface area contributed by atoms with Crippen LogP contribution in [0.1, 0.15) is 44.6 Å². The van der Waals surface area contributed by atoms with Crippen LogP contribution in [0.4, 0.5) is 0 Å². The minimum atomic E-state index is -0.318. The number of nitrogens with zero attached hydrogens (tertiary/aromatic N) is 1. The first-order valence-corrected chi connectivity index (χ1v) is 9.36. The molecule has 4 nitrogen and oxygen atoms in total. The maximum absolute atomic E-state index is 12.9. The molecule has 3 aliphatic rings. The van der Waals surface area contributed by atoms with Crippen molar-refractivity contribution in [1.29, 1.82) is 0 Å². The lowest BCUT2D eigenvalue weighted by Crippen LogP contribution is -2.57. The predicted octanol–water partition coefficient (Wildman–Crippen LogP) is 2.64. The summed E-state index contributed by atoms with van der Waals surface area (Å²) in [6.07, 6.45) is 4.51. The van der Waals surface area contributed by atoms with Gasteiger partial charge in [-0.1, -0.05) is 30.3 Å². The molecular weight excluding hydrogens is 308 g/mol. The number of thioether (sulfide) groups is 1. The minimum Gasteiger partial charge on any atom is -0.345 e. The number of hydrogen-bond acceptors (Lipinski definition) is 3. The topological polar surface area (TPSA) is 49.4 Å². The normalized spacial score (nSPS) is 31.6. The molecule has 2 amide bonds. The molecule has 2 atom stereocenters. The summed E-state index contributed by atoms with van der Waals surface area (Å²) in [5, 5.41) is 3.29. The second-order valence-corrected chi connectivity index (χ2v) is 8.56. The number of fused-ring (bicyclic) bond motifs is 1. The van der Waals surface area contributed by atoms with E-state index in [9.17, 15) is 9.59 Å². The van der Waals surface area contributed by atoms with E-state index < -0.39 is 0 Å². The maximum Gasteiger partial charge on any atom is 0.244 e. The molecule has 2 saturated heterocycles. The average Bonchev–Trinajstić information content (AvgIpc) is 3.01. The minimum absolute atomic E-state index is 0.0139. The van der Waals surface area contributed by atoms with Crippen LogP contribution in [-0.2, 0) is 15.1 Å². The average molecular weight is 330 g/mol. The van der Waals surface area contributed by atoms with Crippen LogP contribution in [0, 0.1) is 0 Å². The lowest BCUT2D eigenvalue weighted by atomic mass is 9.71. The van der Waals surface area contributed by atoms with Gasteiger partial charge in [0.2, 0.25) is 11.8 Å². The second kappa shape index (κ2) is 5.26. The van der Waals surface area contributed by atoms with Crippen molar-refractivity contribution in [3.63, 3.8) is 0 Å². The number of carbonyl (C=O) groups excluding carboxylic acids is 2. The summed E-state index contributed by atoms with van der Waals surface area (Å²) in [5.74, 6) is 0.846. The van der Waals surface area contributed by atoms with Gasteiger partial charge in [0.1, 0.15) is 6.04 Å². The SMILES string of the molecule is CC12CCC(=O)N1C(C(=O)NC1(c3ccccc3)CCC1)CS2. The lowest BCUT2D eigenvalue weighted by molar-refractivity contribution is -0.139. The van der Waals surface area contributed by atoms with Crippen molar-refractivity contribution < 1.29 is 9.59 Å². The highest BCUT2D eigenvalue weighted by Gasteiger charge is 2.54. The van der Waals surface area contributed by atoms with Gasteiger partial charge in [0.15, 0.2) is 0 Å². The first-order chi connectivity index (χ1) is 11.0. The first-order valence-electron chi connectivity index (χ1n) is 8.38. The summed E-state index contributed by atoms with van der Waals surface area (Å²) >= 11 is 1.75. The van der Waals surface area contributed by atoms with Crippen LogP contribution < -0.4 is 5.32 Å². The summed E-state index contributed by atoms with van der Waals surface area (Å²) in [5.41, 5.74) is 0.950. The quantitative estimate of drug-likeness (QED) is 0.927. The van der Waals surface area contributed by atoms with Gasteiger partial charge in [0.05, 0.1) is 10.4 Å². The molecule has 2 aliphatic heterocycles. The fourth-order valence-electron chi connectivity index (χ4n) is 4.11. The Hall–Kier alpha value is -1.49. The molecule has 122 valence electrons. The van der Waals surface area contributed by atoms with Crippen molar-refractivity contribution in [2.24, 2.45) is 0 Å². The third-order valence-corrected chi connectivity index (χ3v) is 7.15. The molecule has 0 aromatic heterocycles. The van der Waals surface area contributed by atoms with E-state index in [0.29, 0.717) is 12.2 Å². The summed E-state index contributed by atoms with van der Waals surface area (Å²) < 4.78 is 0. The summed E-state index contributed by atoms with van der Waals surface area (Å²) in [6, 6.07) is 9.91. The van der Waals surface area contributed by atoms with Gasteiger partial charge in [0.25, 0.3) is 0 Å². The molecule has 1 aromatic carbocycles. The van der Waals surface area contributed by atoms with E-state index in [0.717, 1.165) is 25.7 Å². The van der Waals surface area contributed by atoms with Crippen molar-refractivity contribution >= 4 is 23.6 Å². The molecule has 2 heterocycles. The van der Waals surface area contributed by atoms with Gasteiger partial charge in [-0.3, -0.25) is 9.59 Å². The van der Waals surface area contributed by atoms with Gasteiger partial charge in [-0.25, -0.2) is 0 Å². The van der Waals surface area contributed by atoms with Crippen molar-refractivity contribution in [2.45, 2.75) is 55.5 Å². The zero-order chi connectivity index (χ0) is 16.1. The Morgan fingerprint density at radius 1 is 1.26 bits per heavy atom. The predicted molar refractivity (Wildman–Crippen MR) is 90.8 cm³/mol. The number of benzene rings is 1. The Kier molecular flexibility index (Phi) is 3.45. The molecule has 23 heavy (non-hydrogen) atoms. The molecule has 0 bridgehead atoms. The van der Waals surface area contributed by atoms with Crippen molar-refractivity contribution in [1.82, 2.24) is 10.2 Å². The van der Waals surface area contributed by atoms with Crippen LogP contribution in [-0.4, -0.2) is 33.4 Å². The standard InChI is InChI=1S/C18H22N2O2S/c1-17-11-8-15(21)20(17)14(12-23-17)16(22)19-18(9-5-10-18)13-6-3-2-4-7-13/h2-4,6-7,14H,5,8-12H2,1H3,(H,19,22). The third-order valence-electron chi connectivity index (χ3n) is 5.64.